The normalized spacial score (nSPS) is 25.4. The molecule has 1 aromatic rings. The van der Waals surface area contributed by atoms with Crippen molar-refractivity contribution >= 4 is 0 Å². The van der Waals surface area contributed by atoms with Gasteiger partial charge in [0.1, 0.15) is 0 Å². The Morgan fingerprint density at radius 2 is 2.00 bits per heavy atom. The van der Waals surface area contributed by atoms with E-state index in [9.17, 15) is 0 Å². The third-order valence-corrected chi connectivity index (χ3v) is 4.65. The molecule has 3 rings (SSSR count). The van der Waals surface area contributed by atoms with Crippen LogP contribution in [0.2, 0.25) is 0 Å². The predicted octanol–water partition coefficient (Wildman–Crippen LogP) is 3.38. The van der Waals surface area contributed by atoms with Crippen LogP contribution in [-0.2, 0) is 6.42 Å². The molecule has 2 nitrogen and oxygen atoms in total. The lowest BCUT2D eigenvalue weighted by Crippen LogP contribution is -2.45. The second-order valence-corrected chi connectivity index (χ2v) is 6.83. The monoisotopic (exact) mass is 272 g/mol. The third kappa shape index (κ3) is 2.77. The van der Waals surface area contributed by atoms with Crippen LogP contribution in [0.3, 0.4) is 0 Å². The van der Waals surface area contributed by atoms with Crippen molar-refractivity contribution in [2.75, 3.05) is 13.1 Å². The SMILES string of the molecule is CCNC1c2ccccc2CC1N(CC(C)C)C1CC1. The van der Waals surface area contributed by atoms with Crippen molar-refractivity contribution < 1.29 is 0 Å². The van der Waals surface area contributed by atoms with E-state index in [4.69, 9.17) is 0 Å². The minimum atomic E-state index is 0.524. The van der Waals surface area contributed by atoms with Gasteiger partial charge >= 0.3 is 0 Å². The van der Waals surface area contributed by atoms with Crippen molar-refractivity contribution in [3.8, 4) is 0 Å². The van der Waals surface area contributed by atoms with Crippen molar-refractivity contribution in [2.45, 2.75) is 58.2 Å². The molecule has 20 heavy (non-hydrogen) atoms. The van der Waals surface area contributed by atoms with Gasteiger partial charge in [-0.15, -0.1) is 0 Å². The zero-order chi connectivity index (χ0) is 14.1. The Morgan fingerprint density at radius 3 is 2.65 bits per heavy atom. The molecular weight excluding hydrogens is 244 g/mol. The first-order chi connectivity index (χ1) is 9.70. The van der Waals surface area contributed by atoms with Gasteiger partial charge in [-0.05, 0) is 42.9 Å². The number of nitrogens with zero attached hydrogens (tertiary/aromatic N) is 1. The molecule has 0 saturated heterocycles. The predicted molar refractivity (Wildman–Crippen MR) is 84.9 cm³/mol. The first-order valence-corrected chi connectivity index (χ1v) is 8.27. The van der Waals surface area contributed by atoms with Gasteiger partial charge in [0.2, 0.25) is 0 Å². The Labute approximate surface area is 123 Å². The highest BCUT2D eigenvalue weighted by Crippen LogP contribution is 2.39. The van der Waals surface area contributed by atoms with Crippen LogP contribution in [0.15, 0.2) is 24.3 Å². The molecule has 0 aliphatic heterocycles. The summed E-state index contributed by atoms with van der Waals surface area (Å²) in [5.41, 5.74) is 3.09. The Bertz CT molecular complexity index is 450. The van der Waals surface area contributed by atoms with Gasteiger partial charge in [-0.3, -0.25) is 4.90 Å². The number of hydrogen-bond acceptors (Lipinski definition) is 2. The molecule has 2 atom stereocenters. The average molecular weight is 272 g/mol. The minimum absolute atomic E-state index is 0.524. The molecule has 2 unspecified atom stereocenters. The first kappa shape index (κ1) is 14.1. The van der Waals surface area contributed by atoms with Crippen LogP contribution in [0.5, 0.6) is 0 Å². The summed E-state index contributed by atoms with van der Waals surface area (Å²) in [4.78, 5) is 2.80. The Morgan fingerprint density at radius 1 is 1.25 bits per heavy atom. The van der Waals surface area contributed by atoms with Crippen LogP contribution >= 0.6 is 0 Å². The smallest absolute Gasteiger partial charge is 0.0484 e. The van der Waals surface area contributed by atoms with E-state index in [0.29, 0.717) is 12.1 Å². The summed E-state index contributed by atoms with van der Waals surface area (Å²) >= 11 is 0. The lowest BCUT2D eigenvalue weighted by Gasteiger charge is -2.35. The van der Waals surface area contributed by atoms with Gasteiger partial charge in [0, 0.05) is 24.7 Å². The fraction of sp³-hybridized carbons (Fsp3) is 0.667. The zero-order valence-corrected chi connectivity index (χ0v) is 13.1. The Hall–Kier alpha value is -0.860. The highest BCUT2D eigenvalue weighted by molar-refractivity contribution is 5.37. The lowest BCUT2D eigenvalue weighted by molar-refractivity contribution is 0.140. The molecule has 1 saturated carbocycles. The summed E-state index contributed by atoms with van der Waals surface area (Å²) in [7, 11) is 0. The van der Waals surface area contributed by atoms with E-state index >= 15 is 0 Å². The summed E-state index contributed by atoms with van der Waals surface area (Å²) in [6, 6.07) is 11.0. The Kier molecular flexibility index (Phi) is 4.13. The number of hydrogen-bond donors (Lipinski definition) is 1. The summed E-state index contributed by atoms with van der Waals surface area (Å²) in [5, 5.41) is 3.75. The molecule has 2 heteroatoms. The third-order valence-electron chi connectivity index (χ3n) is 4.65. The van der Waals surface area contributed by atoms with E-state index in [1.165, 1.54) is 31.4 Å². The zero-order valence-electron chi connectivity index (χ0n) is 13.1. The van der Waals surface area contributed by atoms with Gasteiger partial charge in [-0.25, -0.2) is 0 Å². The second-order valence-electron chi connectivity index (χ2n) is 6.83. The number of likely N-dealkylation sites (N-methyl/N-ethyl adjacent to an activating group) is 1. The molecule has 2 aliphatic carbocycles. The topological polar surface area (TPSA) is 15.3 Å². The van der Waals surface area contributed by atoms with Gasteiger partial charge < -0.3 is 5.32 Å². The van der Waals surface area contributed by atoms with E-state index in [1.807, 2.05) is 0 Å². The van der Waals surface area contributed by atoms with E-state index in [0.717, 1.165) is 18.5 Å². The van der Waals surface area contributed by atoms with Gasteiger partial charge in [0.05, 0.1) is 0 Å². The van der Waals surface area contributed by atoms with Gasteiger partial charge in [0.25, 0.3) is 0 Å². The fourth-order valence-corrected chi connectivity index (χ4v) is 3.73. The highest BCUT2D eigenvalue weighted by Gasteiger charge is 2.41. The van der Waals surface area contributed by atoms with Gasteiger partial charge in [0.15, 0.2) is 0 Å². The number of nitrogens with one attached hydrogen (secondary N) is 1. The molecule has 0 aromatic heterocycles. The van der Waals surface area contributed by atoms with Crippen molar-refractivity contribution in [3.63, 3.8) is 0 Å². The van der Waals surface area contributed by atoms with Crippen molar-refractivity contribution in [3.05, 3.63) is 35.4 Å². The molecule has 0 radical (unpaired) electrons. The van der Waals surface area contributed by atoms with Gasteiger partial charge in [-0.1, -0.05) is 45.0 Å². The number of fused-ring (bicyclic) bond motifs is 1. The molecule has 1 N–H and O–H groups in total. The maximum atomic E-state index is 3.75. The van der Waals surface area contributed by atoms with Crippen LogP contribution in [0.4, 0.5) is 0 Å². The Balaban J connectivity index is 1.84. The van der Waals surface area contributed by atoms with E-state index in [-0.39, 0.29) is 0 Å². The van der Waals surface area contributed by atoms with Crippen LogP contribution in [-0.4, -0.2) is 30.1 Å². The molecule has 0 spiro atoms. The summed E-state index contributed by atoms with van der Waals surface area (Å²) < 4.78 is 0. The van der Waals surface area contributed by atoms with Crippen molar-refractivity contribution in [1.29, 1.82) is 0 Å². The molecule has 1 aromatic carbocycles. The fourth-order valence-electron chi connectivity index (χ4n) is 3.73. The lowest BCUT2D eigenvalue weighted by atomic mass is 10.0. The second kappa shape index (κ2) is 5.87. The first-order valence-electron chi connectivity index (χ1n) is 8.27. The summed E-state index contributed by atoms with van der Waals surface area (Å²) in [6.45, 7) is 9.21. The molecule has 110 valence electrons. The minimum Gasteiger partial charge on any atom is -0.309 e. The molecule has 1 fully saturated rings. The molecule has 0 bridgehead atoms. The molecule has 0 amide bonds. The van der Waals surface area contributed by atoms with E-state index < -0.39 is 0 Å². The number of benzene rings is 1. The maximum Gasteiger partial charge on any atom is 0.0484 e. The van der Waals surface area contributed by atoms with Crippen LogP contribution in [0.25, 0.3) is 0 Å². The van der Waals surface area contributed by atoms with Crippen molar-refractivity contribution in [1.82, 2.24) is 10.2 Å². The van der Waals surface area contributed by atoms with Crippen molar-refractivity contribution in [2.24, 2.45) is 5.92 Å². The average Bonchev–Trinajstić information content (AvgIpc) is 3.20. The molecule has 0 heterocycles. The van der Waals surface area contributed by atoms with E-state index in [2.05, 4.69) is 55.3 Å². The van der Waals surface area contributed by atoms with Crippen LogP contribution < -0.4 is 5.32 Å². The largest absolute Gasteiger partial charge is 0.309 e. The molecular formula is C18H28N2. The highest BCUT2D eigenvalue weighted by atomic mass is 15.2. The maximum absolute atomic E-state index is 3.75. The summed E-state index contributed by atoms with van der Waals surface area (Å²) in [6.07, 6.45) is 4.02. The van der Waals surface area contributed by atoms with Crippen LogP contribution in [0, 0.1) is 5.92 Å². The van der Waals surface area contributed by atoms with Crippen LogP contribution in [0.1, 0.15) is 50.8 Å². The quantitative estimate of drug-likeness (QED) is 0.854. The standard InChI is InChI=1S/C18H28N2/c1-4-19-18-16-8-6-5-7-14(16)11-17(18)20(12-13(2)3)15-9-10-15/h5-8,13,15,17-19H,4,9-12H2,1-3H3. The van der Waals surface area contributed by atoms with Gasteiger partial charge in [-0.2, -0.15) is 0 Å². The number of rotatable bonds is 6. The molecule has 2 aliphatic rings. The summed E-state index contributed by atoms with van der Waals surface area (Å²) in [5.74, 6) is 0.751. The van der Waals surface area contributed by atoms with E-state index in [1.54, 1.807) is 5.56 Å².